The summed E-state index contributed by atoms with van der Waals surface area (Å²) in [7, 11) is 0. The summed E-state index contributed by atoms with van der Waals surface area (Å²) in [5, 5.41) is 0. The molecule has 0 aliphatic carbocycles. The van der Waals surface area contributed by atoms with Gasteiger partial charge in [0.15, 0.2) is 0 Å². The molecule has 0 amide bonds. The van der Waals surface area contributed by atoms with Crippen LogP contribution in [0.4, 0.5) is 15.8 Å². The van der Waals surface area contributed by atoms with Gasteiger partial charge in [0.25, 0.3) is 0 Å². The summed E-state index contributed by atoms with van der Waals surface area (Å²) < 4.78 is 14.7. The summed E-state index contributed by atoms with van der Waals surface area (Å²) in [6.45, 7) is 0.506. The number of halogens is 2. The number of nitrogens with two attached hydrogens (primary N) is 1. The first kappa shape index (κ1) is 11.7. The summed E-state index contributed by atoms with van der Waals surface area (Å²) in [4.78, 5) is 0. The average molecular weight is 251 g/mol. The molecule has 0 unspecified atom stereocenters. The first-order valence-corrected chi connectivity index (χ1v) is 5.53. The molecule has 0 fully saturated rings. The van der Waals surface area contributed by atoms with Crippen LogP contribution in [0, 0.1) is 5.82 Å². The largest absolute Gasteiger partial charge is 0.396 e. The van der Waals surface area contributed by atoms with Crippen LogP contribution in [-0.2, 0) is 6.54 Å². The van der Waals surface area contributed by atoms with Gasteiger partial charge < -0.3 is 5.73 Å². The Bertz CT molecular complexity index is 502. The third kappa shape index (κ3) is 2.88. The monoisotopic (exact) mass is 250 g/mol. The fourth-order valence-electron chi connectivity index (χ4n) is 1.50. The Kier molecular flexibility index (Phi) is 3.49. The molecule has 0 heterocycles. The Morgan fingerprint density at radius 2 is 1.82 bits per heavy atom. The van der Waals surface area contributed by atoms with Gasteiger partial charge >= 0.3 is 0 Å². The maximum atomic E-state index is 13.3. The zero-order valence-electron chi connectivity index (χ0n) is 9.11. The fraction of sp³-hybridized carbons (Fsp3) is 0.0769. The molecule has 2 rings (SSSR count). The molecule has 2 aromatic rings. The number of rotatable bonds is 3. The molecule has 0 aliphatic heterocycles. The second kappa shape index (κ2) is 5.06. The molecule has 2 N–H and O–H groups in total. The highest BCUT2D eigenvalue weighted by molar-refractivity contribution is 6.25. The Hall–Kier alpha value is -1.74. The van der Waals surface area contributed by atoms with Gasteiger partial charge in [-0.2, -0.15) is 0 Å². The smallest absolute Gasteiger partial charge is 0.148 e. The SMILES string of the molecule is Nc1ccc(N(Cl)Cc2ccccc2)cc1F. The Morgan fingerprint density at radius 1 is 1.12 bits per heavy atom. The topological polar surface area (TPSA) is 29.3 Å². The van der Waals surface area contributed by atoms with Gasteiger partial charge in [-0.05, 0) is 17.7 Å². The van der Waals surface area contributed by atoms with Crippen molar-refractivity contribution in [2.75, 3.05) is 10.2 Å². The minimum Gasteiger partial charge on any atom is -0.396 e. The van der Waals surface area contributed by atoms with Crippen molar-refractivity contribution < 1.29 is 4.39 Å². The van der Waals surface area contributed by atoms with Crippen LogP contribution in [0.15, 0.2) is 48.5 Å². The van der Waals surface area contributed by atoms with E-state index in [4.69, 9.17) is 17.5 Å². The van der Waals surface area contributed by atoms with Crippen LogP contribution in [0.25, 0.3) is 0 Å². The van der Waals surface area contributed by atoms with Gasteiger partial charge in [-0.1, -0.05) is 30.3 Å². The molecule has 88 valence electrons. The van der Waals surface area contributed by atoms with Crippen LogP contribution < -0.4 is 10.2 Å². The summed E-state index contributed by atoms with van der Waals surface area (Å²) >= 11 is 6.09. The van der Waals surface area contributed by atoms with Crippen LogP contribution in [0.1, 0.15) is 5.56 Å². The predicted octanol–water partition coefficient (Wildman–Crippen LogP) is 3.57. The Labute approximate surface area is 105 Å². The van der Waals surface area contributed by atoms with Crippen molar-refractivity contribution in [1.29, 1.82) is 0 Å². The zero-order chi connectivity index (χ0) is 12.3. The summed E-state index contributed by atoms with van der Waals surface area (Å²) in [6.07, 6.45) is 0. The number of nitrogen functional groups attached to an aromatic ring is 1. The molecule has 2 aromatic carbocycles. The second-order valence-electron chi connectivity index (χ2n) is 3.71. The third-order valence-electron chi connectivity index (χ3n) is 2.43. The van der Waals surface area contributed by atoms with E-state index in [0.717, 1.165) is 5.56 Å². The van der Waals surface area contributed by atoms with E-state index in [0.29, 0.717) is 12.2 Å². The zero-order valence-corrected chi connectivity index (χ0v) is 9.86. The Morgan fingerprint density at radius 3 is 2.47 bits per heavy atom. The van der Waals surface area contributed by atoms with Crippen molar-refractivity contribution in [2.24, 2.45) is 0 Å². The molecule has 0 bridgehead atoms. The van der Waals surface area contributed by atoms with Gasteiger partial charge in [-0.25, -0.2) is 4.39 Å². The fourth-order valence-corrected chi connectivity index (χ4v) is 1.75. The van der Waals surface area contributed by atoms with Crippen LogP contribution in [-0.4, -0.2) is 0 Å². The lowest BCUT2D eigenvalue weighted by Gasteiger charge is -2.16. The highest BCUT2D eigenvalue weighted by atomic mass is 35.5. The molecule has 2 nitrogen and oxygen atoms in total. The van der Waals surface area contributed by atoms with E-state index in [1.807, 2.05) is 30.3 Å². The van der Waals surface area contributed by atoms with Crippen molar-refractivity contribution in [3.05, 3.63) is 59.9 Å². The molecule has 0 saturated carbocycles. The summed E-state index contributed by atoms with van der Waals surface area (Å²) in [6, 6.07) is 14.2. The normalized spacial score (nSPS) is 10.2. The van der Waals surface area contributed by atoms with E-state index in [1.54, 1.807) is 6.07 Å². The quantitative estimate of drug-likeness (QED) is 0.667. The number of nitrogens with zero attached hydrogens (tertiary/aromatic N) is 1. The van der Waals surface area contributed by atoms with Gasteiger partial charge in [0.2, 0.25) is 0 Å². The standard InChI is InChI=1S/C13H12ClFN2/c14-17(9-10-4-2-1-3-5-10)11-6-7-13(16)12(15)8-11/h1-8H,9,16H2. The van der Waals surface area contributed by atoms with Crippen LogP contribution in [0.2, 0.25) is 0 Å². The molecule has 0 saturated heterocycles. The summed E-state index contributed by atoms with van der Waals surface area (Å²) in [5.74, 6) is -0.457. The molecule has 0 aromatic heterocycles. The number of hydrogen-bond acceptors (Lipinski definition) is 2. The average Bonchev–Trinajstić information content (AvgIpc) is 2.34. The lowest BCUT2D eigenvalue weighted by atomic mass is 10.2. The van der Waals surface area contributed by atoms with Crippen molar-refractivity contribution in [3.63, 3.8) is 0 Å². The van der Waals surface area contributed by atoms with Gasteiger partial charge in [0.1, 0.15) is 5.82 Å². The third-order valence-corrected chi connectivity index (χ3v) is 2.74. The number of hydrogen-bond donors (Lipinski definition) is 1. The van der Waals surface area contributed by atoms with Crippen molar-refractivity contribution in [1.82, 2.24) is 0 Å². The number of anilines is 2. The van der Waals surface area contributed by atoms with Gasteiger partial charge in [-0.15, -0.1) is 0 Å². The molecule has 0 aliphatic rings. The van der Waals surface area contributed by atoms with Gasteiger partial charge in [-0.3, -0.25) is 4.42 Å². The number of benzene rings is 2. The van der Waals surface area contributed by atoms with Crippen molar-refractivity contribution >= 4 is 23.2 Å². The van der Waals surface area contributed by atoms with E-state index >= 15 is 0 Å². The van der Waals surface area contributed by atoms with Crippen LogP contribution in [0.3, 0.4) is 0 Å². The van der Waals surface area contributed by atoms with Crippen LogP contribution in [0.5, 0.6) is 0 Å². The van der Waals surface area contributed by atoms with Crippen molar-refractivity contribution in [2.45, 2.75) is 6.54 Å². The molecule has 0 radical (unpaired) electrons. The van der Waals surface area contributed by atoms with Crippen LogP contribution >= 0.6 is 11.8 Å². The minimum absolute atomic E-state index is 0.124. The lowest BCUT2D eigenvalue weighted by Crippen LogP contribution is -2.10. The van der Waals surface area contributed by atoms with E-state index in [2.05, 4.69) is 0 Å². The highest BCUT2D eigenvalue weighted by Gasteiger charge is 2.07. The summed E-state index contributed by atoms with van der Waals surface area (Å²) in [5.41, 5.74) is 7.17. The van der Waals surface area contributed by atoms with Crippen molar-refractivity contribution in [3.8, 4) is 0 Å². The first-order valence-electron chi connectivity index (χ1n) is 5.19. The molecule has 0 spiro atoms. The van der Waals surface area contributed by atoms with E-state index < -0.39 is 5.82 Å². The van der Waals surface area contributed by atoms with E-state index in [-0.39, 0.29) is 5.69 Å². The highest BCUT2D eigenvalue weighted by Crippen LogP contribution is 2.23. The Balaban J connectivity index is 2.14. The lowest BCUT2D eigenvalue weighted by molar-refractivity contribution is 0.632. The minimum atomic E-state index is -0.457. The van der Waals surface area contributed by atoms with Gasteiger partial charge in [0.05, 0.1) is 17.9 Å². The second-order valence-corrected chi connectivity index (χ2v) is 4.12. The molecular weight excluding hydrogens is 239 g/mol. The maximum Gasteiger partial charge on any atom is 0.148 e. The van der Waals surface area contributed by atoms with E-state index in [9.17, 15) is 4.39 Å². The van der Waals surface area contributed by atoms with Gasteiger partial charge in [0, 0.05) is 17.8 Å². The molecule has 0 atom stereocenters. The molecular formula is C13H12ClFN2. The molecule has 17 heavy (non-hydrogen) atoms. The maximum absolute atomic E-state index is 13.3. The first-order chi connectivity index (χ1) is 8.16. The van der Waals surface area contributed by atoms with E-state index in [1.165, 1.54) is 16.6 Å². The predicted molar refractivity (Wildman–Crippen MR) is 69.3 cm³/mol. The molecule has 4 heteroatoms.